The third kappa shape index (κ3) is 5.56. The van der Waals surface area contributed by atoms with Gasteiger partial charge in [-0.05, 0) is 31.4 Å². The molecule has 0 saturated carbocycles. The molecule has 1 atom stereocenters. The zero-order chi connectivity index (χ0) is 19.1. The summed E-state index contributed by atoms with van der Waals surface area (Å²) in [5.41, 5.74) is 2.91. The van der Waals surface area contributed by atoms with E-state index in [4.69, 9.17) is 4.74 Å². The lowest BCUT2D eigenvalue weighted by atomic mass is 10.1. The number of hydrogen-bond acceptors (Lipinski definition) is 4. The molecule has 1 amide bonds. The van der Waals surface area contributed by atoms with Crippen molar-refractivity contribution in [3.8, 4) is 5.75 Å². The molecule has 7 heteroatoms. The Morgan fingerprint density at radius 2 is 1.96 bits per heavy atom. The second-order valence-corrected chi connectivity index (χ2v) is 7.54. The third-order valence-corrected chi connectivity index (χ3v) is 4.97. The molecule has 2 aromatic rings. The lowest BCUT2D eigenvalue weighted by molar-refractivity contribution is -0.113. The van der Waals surface area contributed by atoms with E-state index >= 15 is 0 Å². The van der Waals surface area contributed by atoms with Gasteiger partial charge in [0.05, 0.1) is 12.4 Å². The van der Waals surface area contributed by atoms with E-state index < -0.39 is 10.8 Å². The van der Waals surface area contributed by atoms with Crippen molar-refractivity contribution < 1.29 is 13.7 Å². The fourth-order valence-corrected chi connectivity index (χ4v) is 3.45. The van der Waals surface area contributed by atoms with Crippen LogP contribution in [0.5, 0.6) is 5.75 Å². The van der Waals surface area contributed by atoms with Crippen molar-refractivity contribution in [2.24, 2.45) is 0 Å². The number of aromatic amines is 1. The molecule has 26 heavy (non-hydrogen) atoms. The van der Waals surface area contributed by atoms with Crippen LogP contribution in [0.1, 0.15) is 30.2 Å². The highest BCUT2D eigenvalue weighted by Gasteiger charge is 2.12. The number of rotatable bonds is 8. The van der Waals surface area contributed by atoms with Gasteiger partial charge in [0.2, 0.25) is 11.3 Å². The SMILES string of the molecule is CCCOc1c[nH]c(CS(=O)CC(=O)Nc2c(C)cccc2C)cc1=O. The van der Waals surface area contributed by atoms with Crippen LogP contribution in [0.25, 0.3) is 0 Å². The maximum absolute atomic E-state index is 12.2. The molecule has 140 valence electrons. The summed E-state index contributed by atoms with van der Waals surface area (Å²) in [6.07, 6.45) is 2.28. The number of aryl methyl sites for hydroxylation is 2. The van der Waals surface area contributed by atoms with Crippen LogP contribution in [0.2, 0.25) is 0 Å². The molecular formula is C19H24N2O4S. The highest BCUT2D eigenvalue weighted by Crippen LogP contribution is 2.19. The molecular weight excluding hydrogens is 352 g/mol. The van der Waals surface area contributed by atoms with Crippen LogP contribution >= 0.6 is 0 Å². The third-order valence-electron chi connectivity index (χ3n) is 3.75. The lowest BCUT2D eigenvalue weighted by Crippen LogP contribution is -2.21. The first-order valence-electron chi connectivity index (χ1n) is 8.46. The van der Waals surface area contributed by atoms with Crippen LogP contribution in [0.3, 0.4) is 0 Å². The molecule has 0 aliphatic rings. The first-order chi connectivity index (χ1) is 12.4. The summed E-state index contributed by atoms with van der Waals surface area (Å²) in [7, 11) is -1.43. The number of carbonyl (C=O) groups is 1. The zero-order valence-corrected chi connectivity index (χ0v) is 16.1. The Labute approximate surface area is 155 Å². The molecule has 0 fully saturated rings. The number of nitrogens with one attached hydrogen (secondary N) is 2. The molecule has 0 spiro atoms. The lowest BCUT2D eigenvalue weighted by Gasteiger charge is -2.11. The summed E-state index contributed by atoms with van der Waals surface area (Å²) in [5.74, 6) is -0.104. The summed E-state index contributed by atoms with van der Waals surface area (Å²) in [4.78, 5) is 27.0. The van der Waals surface area contributed by atoms with Crippen molar-refractivity contribution >= 4 is 22.4 Å². The Hall–Kier alpha value is -2.41. The predicted molar refractivity (Wildman–Crippen MR) is 104 cm³/mol. The summed E-state index contributed by atoms with van der Waals surface area (Å²) in [6.45, 7) is 6.24. The van der Waals surface area contributed by atoms with Crippen molar-refractivity contribution in [3.63, 3.8) is 0 Å². The number of pyridine rings is 1. The topological polar surface area (TPSA) is 88.3 Å². The fraction of sp³-hybridized carbons (Fsp3) is 0.368. The normalized spacial score (nSPS) is 11.8. The Morgan fingerprint density at radius 1 is 1.27 bits per heavy atom. The molecule has 0 aliphatic heterocycles. The van der Waals surface area contributed by atoms with Crippen molar-refractivity contribution in [2.45, 2.75) is 32.9 Å². The summed E-state index contributed by atoms with van der Waals surface area (Å²) in [5, 5.41) is 2.81. The number of carbonyl (C=O) groups excluding carboxylic acids is 1. The molecule has 6 nitrogen and oxygen atoms in total. The van der Waals surface area contributed by atoms with Crippen LogP contribution in [-0.4, -0.2) is 27.5 Å². The van der Waals surface area contributed by atoms with E-state index in [1.807, 2.05) is 39.0 Å². The van der Waals surface area contributed by atoms with Gasteiger partial charge in [-0.1, -0.05) is 25.1 Å². The van der Waals surface area contributed by atoms with E-state index in [0.29, 0.717) is 12.3 Å². The standard InChI is InChI=1S/C19H24N2O4S/c1-4-8-25-17-10-20-15(9-16(17)22)11-26(24)12-18(23)21-19-13(2)6-5-7-14(19)3/h5-7,9-10H,4,8,11-12H2,1-3H3,(H,20,22)(H,21,23). The van der Waals surface area contributed by atoms with Crippen LogP contribution in [-0.2, 0) is 21.3 Å². The Bertz CT molecular complexity index is 841. The van der Waals surface area contributed by atoms with Crippen molar-refractivity contribution in [1.82, 2.24) is 4.98 Å². The first-order valence-corrected chi connectivity index (χ1v) is 9.95. The maximum atomic E-state index is 12.2. The van der Waals surface area contributed by atoms with E-state index in [9.17, 15) is 13.8 Å². The van der Waals surface area contributed by atoms with Crippen LogP contribution in [0.15, 0.2) is 35.3 Å². The number of anilines is 1. The van der Waals surface area contributed by atoms with Crippen LogP contribution in [0, 0.1) is 13.8 Å². The monoisotopic (exact) mass is 376 g/mol. The number of ether oxygens (including phenoxy) is 1. The van der Waals surface area contributed by atoms with Gasteiger partial charge in [0.15, 0.2) is 5.75 Å². The van der Waals surface area contributed by atoms with Gasteiger partial charge in [-0.3, -0.25) is 13.8 Å². The molecule has 0 aliphatic carbocycles. The van der Waals surface area contributed by atoms with Crippen LogP contribution < -0.4 is 15.5 Å². The molecule has 2 N–H and O–H groups in total. The summed E-state index contributed by atoms with van der Waals surface area (Å²) in [6, 6.07) is 7.11. The minimum absolute atomic E-state index is 0.101. The van der Waals surface area contributed by atoms with Gasteiger partial charge in [0.25, 0.3) is 0 Å². The van der Waals surface area contributed by atoms with E-state index in [-0.39, 0.29) is 28.6 Å². The first kappa shape index (κ1) is 19.9. The average molecular weight is 376 g/mol. The molecule has 2 rings (SSSR count). The number of amides is 1. The molecule has 0 radical (unpaired) electrons. The maximum Gasteiger partial charge on any atom is 0.237 e. The Morgan fingerprint density at radius 3 is 2.58 bits per heavy atom. The number of aromatic nitrogens is 1. The highest BCUT2D eigenvalue weighted by atomic mass is 32.2. The quantitative estimate of drug-likeness (QED) is 0.741. The molecule has 1 heterocycles. The predicted octanol–water partition coefficient (Wildman–Crippen LogP) is 2.67. The summed E-state index contributed by atoms with van der Waals surface area (Å²) < 4.78 is 17.6. The highest BCUT2D eigenvalue weighted by molar-refractivity contribution is 7.84. The van der Waals surface area contributed by atoms with E-state index in [1.54, 1.807) is 0 Å². The minimum atomic E-state index is -1.43. The van der Waals surface area contributed by atoms with Crippen LogP contribution in [0.4, 0.5) is 5.69 Å². The Kier molecular flexibility index (Phi) is 7.15. The van der Waals surface area contributed by atoms with Gasteiger partial charge in [0, 0.05) is 34.4 Å². The summed E-state index contributed by atoms with van der Waals surface area (Å²) >= 11 is 0. The number of benzene rings is 1. The second kappa shape index (κ2) is 9.33. The second-order valence-electron chi connectivity index (χ2n) is 6.08. The largest absolute Gasteiger partial charge is 0.488 e. The number of para-hydroxylation sites is 1. The van der Waals surface area contributed by atoms with E-state index in [2.05, 4.69) is 10.3 Å². The van der Waals surface area contributed by atoms with E-state index in [1.165, 1.54) is 12.3 Å². The minimum Gasteiger partial charge on any atom is -0.488 e. The average Bonchev–Trinajstić information content (AvgIpc) is 2.57. The van der Waals surface area contributed by atoms with Crippen molar-refractivity contribution in [2.75, 3.05) is 17.7 Å². The van der Waals surface area contributed by atoms with Gasteiger partial charge in [-0.25, -0.2) is 0 Å². The smallest absolute Gasteiger partial charge is 0.237 e. The van der Waals surface area contributed by atoms with Crippen molar-refractivity contribution in [1.29, 1.82) is 0 Å². The fourth-order valence-electron chi connectivity index (χ4n) is 2.47. The number of hydrogen-bond donors (Lipinski definition) is 2. The molecule has 1 aromatic carbocycles. The number of H-pyrrole nitrogens is 1. The van der Waals surface area contributed by atoms with Crippen molar-refractivity contribution in [3.05, 3.63) is 57.5 Å². The molecule has 0 bridgehead atoms. The molecule has 1 aromatic heterocycles. The molecule has 1 unspecified atom stereocenters. The Balaban J connectivity index is 1.95. The van der Waals surface area contributed by atoms with Gasteiger partial charge in [-0.2, -0.15) is 0 Å². The van der Waals surface area contributed by atoms with E-state index in [0.717, 1.165) is 23.2 Å². The van der Waals surface area contributed by atoms with Gasteiger partial charge >= 0.3 is 0 Å². The molecule has 0 saturated heterocycles. The van der Waals surface area contributed by atoms with Gasteiger partial charge in [-0.15, -0.1) is 0 Å². The van der Waals surface area contributed by atoms with Gasteiger partial charge < -0.3 is 15.0 Å². The zero-order valence-electron chi connectivity index (χ0n) is 15.3. The van der Waals surface area contributed by atoms with Gasteiger partial charge in [0.1, 0.15) is 5.75 Å².